The van der Waals surface area contributed by atoms with E-state index in [-0.39, 0.29) is 18.0 Å². The second-order valence-electron chi connectivity index (χ2n) is 5.21. The number of aromatic nitrogens is 1. The van der Waals surface area contributed by atoms with Crippen LogP contribution in [0, 0.1) is 5.82 Å². The zero-order chi connectivity index (χ0) is 15.7. The Balaban J connectivity index is 2.01. The highest BCUT2D eigenvalue weighted by Gasteiger charge is 2.35. The van der Waals surface area contributed by atoms with Crippen LogP contribution < -0.4 is 10.2 Å². The van der Waals surface area contributed by atoms with E-state index in [1.54, 1.807) is 49.5 Å². The lowest BCUT2D eigenvalue weighted by Gasteiger charge is -2.42. The van der Waals surface area contributed by atoms with Gasteiger partial charge in [0.15, 0.2) is 6.29 Å². The number of carbonyl (C=O) groups excluding carboxylic acids is 1. The molecule has 2 heterocycles. The Labute approximate surface area is 128 Å². The predicted molar refractivity (Wildman–Crippen MR) is 81.8 cm³/mol. The van der Waals surface area contributed by atoms with E-state index in [9.17, 15) is 9.18 Å². The SMILES string of the molecule is CNC1N(C)C(=O)c2cccnc2N1Cc1ccc(F)cc1. The van der Waals surface area contributed by atoms with Crippen LogP contribution in [0.3, 0.4) is 0 Å². The molecule has 0 radical (unpaired) electrons. The highest BCUT2D eigenvalue weighted by Crippen LogP contribution is 2.28. The summed E-state index contributed by atoms with van der Waals surface area (Å²) in [4.78, 5) is 20.4. The fraction of sp³-hybridized carbons (Fsp3) is 0.250. The number of nitrogens with zero attached hydrogens (tertiary/aromatic N) is 3. The molecule has 0 saturated carbocycles. The zero-order valence-electron chi connectivity index (χ0n) is 12.5. The Hall–Kier alpha value is -2.47. The molecule has 1 atom stereocenters. The third-order valence-electron chi connectivity index (χ3n) is 3.80. The minimum Gasteiger partial charge on any atom is -0.318 e. The fourth-order valence-electron chi connectivity index (χ4n) is 2.72. The molecule has 1 amide bonds. The minimum absolute atomic E-state index is 0.0715. The predicted octanol–water partition coefficient (Wildman–Crippen LogP) is 1.82. The van der Waals surface area contributed by atoms with Gasteiger partial charge in [-0.15, -0.1) is 0 Å². The second-order valence-corrected chi connectivity index (χ2v) is 5.21. The first-order valence-electron chi connectivity index (χ1n) is 7.02. The summed E-state index contributed by atoms with van der Waals surface area (Å²) in [7, 11) is 3.54. The van der Waals surface area contributed by atoms with Gasteiger partial charge < -0.3 is 9.80 Å². The van der Waals surface area contributed by atoms with Crippen molar-refractivity contribution in [2.45, 2.75) is 12.8 Å². The molecule has 1 aromatic heterocycles. The normalized spacial score (nSPS) is 17.6. The number of fused-ring (bicyclic) bond motifs is 1. The van der Waals surface area contributed by atoms with Crippen molar-refractivity contribution in [2.75, 3.05) is 19.0 Å². The second kappa shape index (κ2) is 5.73. The number of rotatable bonds is 3. The molecule has 0 saturated heterocycles. The van der Waals surface area contributed by atoms with E-state index < -0.39 is 0 Å². The quantitative estimate of drug-likeness (QED) is 0.939. The van der Waals surface area contributed by atoms with Crippen molar-refractivity contribution in [1.82, 2.24) is 15.2 Å². The van der Waals surface area contributed by atoms with Gasteiger partial charge >= 0.3 is 0 Å². The van der Waals surface area contributed by atoms with E-state index in [2.05, 4.69) is 10.3 Å². The first-order valence-corrected chi connectivity index (χ1v) is 7.02. The molecule has 5 nitrogen and oxygen atoms in total. The summed E-state index contributed by atoms with van der Waals surface area (Å²) in [6.45, 7) is 0.521. The van der Waals surface area contributed by atoms with Gasteiger partial charge in [0.25, 0.3) is 5.91 Å². The first kappa shape index (κ1) is 14.5. The van der Waals surface area contributed by atoms with Gasteiger partial charge in [0, 0.05) is 19.8 Å². The summed E-state index contributed by atoms with van der Waals surface area (Å²) in [6.07, 6.45) is 1.36. The average Bonchev–Trinajstić information content (AvgIpc) is 2.54. The van der Waals surface area contributed by atoms with Crippen molar-refractivity contribution in [3.63, 3.8) is 0 Å². The Morgan fingerprint density at radius 3 is 2.68 bits per heavy atom. The average molecular weight is 300 g/mol. The number of carbonyl (C=O) groups is 1. The molecule has 6 heteroatoms. The van der Waals surface area contributed by atoms with E-state index in [4.69, 9.17) is 0 Å². The van der Waals surface area contributed by atoms with Crippen LogP contribution in [0.5, 0.6) is 0 Å². The molecule has 114 valence electrons. The number of halogens is 1. The lowest BCUT2D eigenvalue weighted by atomic mass is 10.1. The summed E-state index contributed by atoms with van der Waals surface area (Å²) in [6, 6.07) is 9.86. The van der Waals surface area contributed by atoms with Crippen LogP contribution >= 0.6 is 0 Å². The van der Waals surface area contributed by atoms with Gasteiger partial charge in [0.2, 0.25) is 0 Å². The summed E-state index contributed by atoms with van der Waals surface area (Å²) in [5.74, 6) is 0.297. The van der Waals surface area contributed by atoms with Crippen molar-refractivity contribution in [3.8, 4) is 0 Å². The van der Waals surface area contributed by atoms with E-state index in [1.807, 2.05) is 4.90 Å². The number of anilines is 1. The van der Waals surface area contributed by atoms with Gasteiger partial charge in [-0.1, -0.05) is 12.1 Å². The Bertz CT molecular complexity index is 689. The Kier molecular flexibility index (Phi) is 3.77. The van der Waals surface area contributed by atoms with Gasteiger partial charge in [0.1, 0.15) is 11.6 Å². The molecule has 0 spiro atoms. The number of amides is 1. The van der Waals surface area contributed by atoms with Crippen LogP contribution in [0.15, 0.2) is 42.6 Å². The topological polar surface area (TPSA) is 48.5 Å². The van der Waals surface area contributed by atoms with Crippen molar-refractivity contribution in [2.24, 2.45) is 0 Å². The summed E-state index contributed by atoms with van der Waals surface area (Å²) >= 11 is 0. The van der Waals surface area contributed by atoms with Gasteiger partial charge in [-0.05, 0) is 36.9 Å². The molecule has 1 N–H and O–H groups in total. The highest BCUT2D eigenvalue weighted by molar-refractivity contribution is 6.00. The number of nitrogens with one attached hydrogen (secondary N) is 1. The van der Waals surface area contributed by atoms with Crippen LogP contribution in [0.1, 0.15) is 15.9 Å². The van der Waals surface area contributed by atoms with Crippen LogP contribution in [0.25, 0.3) is 0 Å². The smallest absolute Gasteiger partial charge is 0.260 e. The molecule has 1 aliphatic rings. The number of hydrogen-bond acceptors (Lipinski definition) is 4. The van der Waals surface area contributed by atoms with Crippen LogP contribution in [-0.4, -0.2) is 36.2 Å². The van der Waals surface area contributed by atoms with Gasteiger partial charge in [-0.2, -0.15) is 0 Å². The summed E-state index contributed by atoms with van der Waals surface area (Å²) in [5, 5.41) is 3.12. The Morgan fingerprint density at radius 2 is 2.00 bits per heavy atom. The third kappa shape index (κ3) is 2.42. The third-order valence-corrected chi connectivity index (χ3v) is 3.80. The maximum atomic E-state index is 13.1. The molecule has 0 bridgehead atoms. The van der Waals surface area contributed by atoms with E-state index in [1.165, 1.54) is 12.1 Å². The molecule has 1 aliphatic heterocycles. The van der Waals surface area contributed by atoms with Crippen molar-refractivity contribution in [1.29, 1.82) is 0 Å². The van der Waals surface area contributed by atoms with Crippen molar-refractivity contribution < 1.29 is 9.18 Å². The lowest BCUT2D eigenvalue weighted by Crippen LogP contribution is -2.59. The van der Waals surface area contributed by atoms with E-state index >= 15 is 0 Å². The molecule has 22 heavy (non-hydrogen) atoms. The summed E-state index contributed by atoms with van der Waals surface area (Å²) in [5.41, 5.74) is 1.51. The van der Waals surface area contributed by atoms with Crippen LogP contribution in [0.4, 0.5) is 10.2 Å². The minimum atomic E-state index is -0.306. The molecule has 0 aliphatic carbocycles. The molecular formula is C16H17FN4O. The lowest BCUT2D eigenvalue weighted by molar-refractivity contribution is 0.0677. The van der Waals surface area contributed by atoms with Crippen molar-refractivity contribution in [3.05, 3.63) is 59.5 Å². The number of hydrogen-bond donors (Lipinski definition) is 1. The van der Waals surface area contributed by atoms with Crippen LogP contribution in [0.2, 0.25) is 0 Å². The number of pyridine rings is 1. The first-order chi connectivity index (χ1) is 10.6. The highest BCUT2D eigenvalue weighted by atomic mass is 19.1. The van der Waals surface area contributed by atoms with Gasteiger partial charge in [0.05, 0.1) is 5.56 Å². The molecule has 1 aromatic carbocycles. The van der Waals surface area contributed by atoms with E-state index in [0.29, 0.717) is 17.9 Å². The molecule has 3 rings (SSSR count). The monoisotopic (exact) mass is 300 g/mol. The zero-order valence-corrected chi connectivity index (χ0v) is 12.5. The fourth-order valence-corrected chi connectivity index (χ4v) is 2.72. The van der Waals surface area contributed by atoms with Crippen LogP contribution in [-0.2, 0) is 6.54 Å². The standard InChI is InChI=1S/C16H17FN4O/c1-18-16-20(2)15(22)13-4-3-9-19-14(13)21(16)10-11-5-7-12(17)8-6-11/h3-9,16,18H,10H2,1-2H3. The number of benzene rings is 1. The maximum Gasteiger partial charge on any atom is 0.260 e. The molecular weight excluding hydrogens is 283 g/mol. The molecule has 2 aromatic rings. The van der Waals surface area contributed by atoms with Crippen molar-refractivity contribution >= 4 is 11.7 Å². The molecule has 0 fully saturated rings. The van der Waals surface area contributed by atoms with E-state index in [0.717, 1.165) is 5.56 Å². The maximum absolute atomic E-state index is 13.1. The largest absolute Gasteiger partial charge is 0.318 e. The van der Waals surface area contributed by atoms with Gasteiger partial charge in [-0.3, -0.25) is 10.1 Å². The summed E-state index contributed by atoms with van der Waals surface area (Å²) < 4.78 is 13.1. The Morgan fingerprint density at radius 1 is 1.27 bits per heavy atom. The molecule has 1 unspecified atom stereocenters. The van der Waals surface area contributed by atoms with Gasteiger partial charge in [-0.25, -0.2) is 9.37 Å².